The minimum absolute atomic E-state index is 0.179. The Morgan fingerprint density at radius 2 is 2.38 bits per heavy atom. The maximum atomic E-state index is 11.1. The van der Waals surface area contributed by atoms with Gasteiger partial charge >= 0.3 is 5.97 Å². The molecule has 5 heteroatoms. The number of nitrogens with two attached hydrogens (primary N) is 1. The minimum atomic E-state index is -0.993. The Balaban J connectivity index is 2.25. The molecule has 86 valence electrons. The number of aromatic carboxylic acids is 1. The Morgan fingerprint density at radius 3 is 3.00 bits per heavy atom. The highest BCUT2D eigenvalue weighted by atomic mass is 16.7. The molecule has 0 radical (unpaired) electrons. The molecule has 0 bridgehead atoms. The highest BCUT2D eigenvalue weighted by Gasteiger charge is 2.18. The molecule has 1 aliphatic rings. The molecule has 5 nitrogen and oxygen atoms in total. The summed E-state index contributed by atoms with van der Waals surface area (Å²) in [6.45, 7) is 1.99. The van der Waals surface area contributed by atoms with Gasteiger partial charge in [0.2, 0.25) is 0 Å². The fourth-order valence-electron chi connectivity index (χ4n) is 1.83. The number of hydrogen-bond donors (Lipinski definition) is 2. The summed E-state index contributed by atoms with van der Waals surface area (Å²) >= 11 is 0. The van der Waals surface area contributed by atoms with Crippen molar-refractivity contribution in [3.63, 3.8) is 0 Å². The molecule has 2 rings (SSSR count). The van der Waals surface area contributed by atoms with Crippen LogP contribution >= 0.6 is 0 Å². The zero-order chi connectivity index (χ0) is 11.5. The largest absolute Gasteiger partial charge is 0.478 e. The van der Waals surface area contributed by atoms with Crippen molar-refractivity contribution in [3.8, 4) is 0 Å². The molecule has 1 fully saturated rings. The van der Waals surface area contributed by atoms with Crippen LogP contribution in [-0.4, -0.2) is 29.3 Å². The monoisotopic (exact) mass is 222 g/mol. The van der Waals surface area contributed by atoms with Gasteiger partial charge in [0, 0.05) is 12.2 Å². The molecule has 0 atom stereocenters. The molecule has 0 amide bonds. The Hall–Kier alpha value is -1.59. The maximum absolute atomic E-state index is 11.1. The number of carboxylic acid groups (broad SMARTS) is 1. The number of nitrogens with zero attached hydrogens (tertiary/aromatic N) is 1. The van der Waals surface area contributed by atoms with Crippen molar-refractivity contribution >= 4 is 11.7 Å². The average Bonchev–Trinajstić information content (AvgIpc) is 2.70. The zero-order valence-corrected chi connectivity index (χ0v) is 8.85. The molecule has 0 unspecified atom stereocenters. The number of carbonyl (C=O) groups is 1. The molecule has 1 aromatic rings. The van der Waals surface area contributed by atoms with Crippen molar-refractivity contribution in [2.24, 2.45) is 0 Å². The first-order chi connectivity index (χ1) is 7.68. The van der Waals surface area contributed by atoms with Crippen LogP contribution in [0, 0.1) is 0 Å². The smallest absolute Gasteiger partial charge is 0.338 e. The van der Waals surface area contributed by atoms with Crippen LogP contribution < -0.4 is 5.73 Å². The number of hydroxylamine groups is 2. The van der Waals surface area contributed by atoms with Gasteiger partial charge in [-0.05, 0) is 18.1 Å². The van der Waals surface area contributed by atoms with Gasteiger partial charge in [-0.3, -0.25) is 4.84 Å². The van der Waals surface area contributed by atoms with Crippen molar-refractivity contribution in [1.29, 1.82) is 0 Å². The molecular weight excluding hydrogens is 208 g/mol. The van der Waals surface area contributed by atoms with Crippen LogP contribution in [0.15, 0.2) is 18.2 Å². The molecule has 1 saturated heterocycles. The summed E-state index contributed by atoms with van der Waals surface area (Å²) in [6.07, 6.45) is 0.977. The number of benzene rings is 1. The van der Waals surface area contributed by atoms with Crippen molar-refractivity contribution in [2.45, 2.75) is 13.0 Å². The van der Waals surface area contributed by atoms with Crippen molar-refractivity contribution in [2.75, 3.05) is 18.9 Å². The van der Waals surface area contributed by atoms with E-state index in [0.29, 0.717) is 24.4 Å². The molecule has 0 saturated carbocycles. The molecule has 3 N–H and O–H groups in total. The van der Waals surface area contributed by atoms with E-state index in [1.165, 1.54) is 0 Å². The SMILES string of the molecule is Nc1cccc(CN2CCCO2)c1C(=O)O. The molecule has 0 aromatic heterocycles. The van der Waals surface area contributed by atoms with Gasteiger partial charge in [0.15, 0.2) is 0 Å². The van der Waals surface area contributed by atoms with E-state index in [1.54, 1.807) is 23.3 Å². The predicted molar refractivity (Wildman–Crippen MR) is 58.8 cm³/mol. The van der Waals surface area contributed by atoms with E-state index < -0.39 is 5.97 Å². The number of nitrogen functional groups attached to an aromatic ring is 1. The van der Waals surface area contributed by atoms with Crippen molar-refractivity contribution in [3.05, 3.63) is 29.3 Å². The minimum Gasteiger partial charge on any atom is -0.478 e. The fourth-order valence-corrected chi connectivity index (χ4v) is 1.83. The van der Waals surface area contributed by atoms with E-state index in [2.05, 4.69) is 0 Å². The standard InChI is InChI=1S/C11H14N2O3/c12-9-4-1-3-8(10(9)11(14)15)7-13-5-2-6-16-13/h1,3-4H,2,5-7,12H2,(H,14,15). The lowest BCUT2D eigenvalue weighted by atomic mass is 10.1. The van der Waals surface area contributed by atoms with Gasteiger partial charge in [-0.25, -0.2) is 4.79 Å². The lowest BCUT2D eigenvalue weighted by Crippen LogP contribution is -2.19. The molecule has 0 spiro atoms. The predicted octanol–water partition coefficient (Wildman–Crippen LogP) is 1.10. The quantitative estimate of drug-likeness (QED) is 0.749. The topological polar surface area (TPSA) is 75.8 Å². The molecule has 1 aliphatic heterocycles. The molecule has 1 aromatic carbocycles. The van der Waals surface area contributed by atoms with Gasteiger partial charge in [-0.1, -0.05) is 12.1 Å². The van der Waals surface area contributed by atoms with E-state index in [4.69, 9.17) is 15.7 Å². The second kappa shape index (κ2) is 4.51. The van der Waals surface area contributed by atoms with Gasteiger partial charge in [0.05, 0.1) is 18.7 Å². The number of carboxylic acids is 1. The summed E-state index contributed by atoms with van der Waals surface area (Å²) in [6, 6.07) is 5.12. The highest BCUT2D eigenvalue weighted by Crippen LogP contribution is 2.20. The van der Waals surface area contributed by atoms with Crippen LogP contribution in [-0.2, 0) is 11.4 Å². The second-order valence-corrected chi connectivity index (χ2v) is 3.74. The molecule has 1 heterocycles. The Bertz CT molecular complexity index is 400. The van der Waals surface area contributed by atoms with Crippen LogP contribution in [0.4, 0.5) is 5.69 Å². The van der Waals surface area contributed by atoms with Crippen LogP contribution in [0.2, 0.25) is 0 Å². The first-order valence-electron chi connectivity index (χ1n) is 5.17. The Kier molecular flexibility index (Phi) is 3.07. The first-order valence-corrected chi connectivity index (χ1v) is 5.17. The van der Waals surface area contributed by atoms with Crippen molar-refractivity contribution < 1.29 is 14.7 Å². The van der Waals surface area contributed by atoms with Gasteiger partial charge in [0.1, 0.15) is 0 Å². The van der Waals surface area contributed by atoms with E-state index in [-0.39, 0.29) is 5.56 Å². The van der Waals surface area contributed by atoms with E-state index in [1.807, 2.05) is 0 Å². The summed E-state index contributed by atoms with van der Waals surface area (Å²) in [4.78, 5) is 16.4. The fraction of sp³-hybridized carbons (Fsp3) is 0.364. The molecular formula is C11H14N2O3. The summed E-state index contributed by atoms with van der Waals surface area (Å²) in [7, 11) is 0. The van der Waals surface area contributed by atoms with Crippen LogP contribution in [0.3, 0.4) is 0 Å². The van der Waals surface area contributed by atoms with E-state index >= 15 is 0 Å². The third kappa shape index (κ3) is 2.15. The Morgan fingerprint density at radius 1 is 1.56 bits per heavy atom. The lowest BCUT2D eigenvalue weighted by molar-refractivity contribution is -0.117. The average molecular weight is 222 g/mol. The maximum Gasteiger partial charge on any atom is 0.338 e. The third-order valence-corrected chi connectivity index (χ3v) is 2.57. The third-order valence-electron chi connectivity index (χ3n) is 2.57. The normalized spacial score (nSPS) is 16.5. The first kappa shape index (κ1) is 10.9. The summed E-state index contributed by atoms with van der Waals surface area (Å²) < 4.78 is 0. The Labute approximate surface area is 93.4 Å². The van der Waals surface area contributed by atoms with Crippen molar-refractivity contribution in [1.82, 2.24) is 5.06 Å². The van der Waals surface area contributed by atoms with Gasteiger partial charge in [0.25, 0.3) is 0 Å². The number of rotatable bonds is 3. The van der Waals surface area contributed by atoms with Gasteiger partial charge < -0.3 is 10.8 Å². The number of hydrogen-bond acceptors (Lipinski definition) is 4. The van der Waals surface area contributed by atoms with Crippen LogP contribution in [0.1, 0.15) is 22.3 Å². The molecule has 16 heavy (non-hydrogen) atoms. The van der Waals surface area contributed by atoms with E-state index in [0.717, 1.165) is 13.0 Å². The summed E-state index contributed by atoms with van der Waals surface area (Å²) in [5, 5.41) is 10.8. The van der Waals surface area contributed by atoms with Crippen LogP contribution in [0.25, 0.3) is 0 Å². The van der Waals surface area contributed by atoms with Gasteiger partial charge in [-0.2, -0.15) is 5.06 Å². The zero-order valence-electron chi connectivity index (χ0n) is 8.85. The molecule has 0 aliphatic carbocycles. The summed E-state index contributed by atoms with van der Waals surface area (Å²) in [5.74, 6) is -0.993. The second-order valence-electron chi connectivity index (χ2n) is 3.74. The van der Waals surface area contributed by atoms with Crippen LogP contribution in [0.5, 0.6) is 0 Å². The summed E-state index contributed by atoms with van der Waals surface area (Å²) in [5.41, 5.74) is 6.82. The highest BCUT2D eigenvalue weighted by molar-refractivity contribution is 5.95. The number of anilines is 1. The van der Waals surface area contributed by atoms with Gasteiger partial charge in [-0.15, -0.1) is 0 Å². The van der Waals surface area contributed by atoms with E-state index in [9.17, 15) is 4.79 Å². The lowest BCUT2D eigenvalue weighted by Gasteiger charge is -2.15.